The number of halogens is 4. The lowest BCUT2D eigenvalue weighted by Gasteiger charge is -2.07. The number of amides is 1. The summed E-state index contributed by atoms with van der Waals surface area (Å²) in [5.41, 5.74) is 0.666. The summed E-state index contributed by atoms with van der Waals surface area (Å²) in [6.45, 7) is -1.83. The highest BCUT2D eigenvalue weighted by molar-refractivity contribution is 9.10. The summed E-state index contributed by atoms with van der Waals surface area (Å²) in [6.07, 6.45) is -4.45. The van der Waals surface area contributed by atoms with E-state index in [9.17, 15) is 18.0 Å². The van der Waals surface area contributed by atoms with Crippen molar-refractivity contribution < 1.29 is 18.0 Å². The predicted octanol–water partition coefficient (Wildman–Crippen LogP) is 1.78. The summed E-state index contributed by atoms with van der Waals surface area (Å²) in [5, 5.41) is 13.1. The molecule has 1 amide bonds. The van der Waals surface area contributed by atoms with Crippen molar-refractivity contribution in [1.82, 2.24) is 25.5 Å². The molecule has 1 aromatic heterocycles. The van der Waals surface area contributed by atoms with Gasteiger partial charge in [-0.05, 0) is 17.3 Å². The minimum absolute atomic E-state index is 0.270. The van der Waals surface area contributed by atoms with Crippen LogP contribution >= 0.6 is 15.9 Å². The number of hydrogen-bond acceptors (Lipinski definition) is 4. The van der Waals surface area contributed by atoms with Gasteiger partial charge in [-0.25, -0.2) is 0 Å². The molecule has 0 bridgehead atoms. The zero-order valence-corrected chi connectivity index (χ0v) is 12.0. The van der Waals surface area contributed by atoms with Gasteiger partial charge in [-0.3, -0.25) is 4.79 Å². The fourth-order valence-corrected chi connectivity index (χ4v) is 1.91. The average Bonchev–Trinajstić information content (AvgIpc) is 2.84. The van der Waals surface area contributed by atoms with Gasteiger partial charge in [0, 0.05) is 10.0 Å². The normalized spacial score (nSPS) is 11.4. The summed E-state index contributed by atoms with van der Waals surface area (Å²) in [4.78, 5) is 12.3. The Balaban J connectivity index is 2.01. The molecular formula is C11H9BrF3N5O. The molecule has 112 valence electrons. The molecule has 0 atom stereocenters. The second-order valence-electron chi connectivity index (χ2n) is 4.02. The van der Waals surface area contributed by atoms with E-state index in [0.717, 1.165) is 9.27 Å². The second kappa shape index (κ2) is 6.20. The van der Waals surface area contributed by atoms with Gasteiger partial charge in [0.05, 0.1) is 0 Å². The van der Waals surface area contributed by atoms with Gasteiger partial charge in [0.2, 0.25) is 11.7 Å². The van der Waals surface area contributed by atoms with Gasteiger partial charge >= 0.3 is 6.18 Å². The number of carbonyl (C=O) groups excluding carboxylic acids is 1. The summed E-state index contributed by atoms with van der Waals surface area (Å²) < 4.78 is 36.6. The zero-order chi connectivity index (χ0) is 15.5. The van der Waals surface area contributed by atoms with Crippen molar-refractivity contribution in [3.05, 3.63) is 28.7 Å². The van der Waals surface area contributed by atoms with Gasteiger partial charge < -0.3 is 5.32 Å². The van der Waals surface area contributed by atoms with Crippen molar-refractivity contribution >= 4 is 21.8 Å². The van der Waals surface area contributed by atoms with Crippen molar-refractivity contribution in [2.45, 2.75) is 12.7 Å². The number of rotatable bonds is 4. The Hall–Kier alpha value is -1.97. The first kappa shape index (κ1) is 15.4. The molecule has 6 nitrogen and oxygen atoms in total. The molecule has 2 rings (SSSR count). The van der Waals surface area contributed by atoms with E-state index in [2.05, 4.69) is 31.3 Å². The quantitative estimate of drug-likeness (QED) is 0.898. The molecule has 0 saturated carbocycles. The highest BCUT2D eigenvalue weighted by atomic mass is 79.9. The third-order valence-corrected chi connectivity index (χ3v) is 3.03. The molecule has 1 heterocycles. The Kier molecular flexibility index (Phi) is 4.56. The first-order chi connectivity index (χ1) is 9.85. The smallest absolute Gasteiger partial charge is 0.345 e. The summed E-state index contributed by atoms with van der Waals surface area (Å²) in [6, 6.07) is 7.11. The maximum absolute atomic E-state index is 12.0. The van der Waals surface area contributed by atoms with Crippen molar-refractivity contribution in [3.8, 4) is 11.4 Å². The monoisotopic (exact) mass is 363 g/mol. The molecule has 0 radical (unpaired) electrons. The van der Waals surface area contributed by atoms with Gasteiger partial charge in [-0.15, -0.1) is 10.2 Å². The maximum atomic E-state index is 12.0. The summed E-state index contributed by atoms with van der Waals surface area (Å²) in [7, 11) is 0. The molecular weight excluding hydrogens is 355 g/mol. The summed E-state index contributed by atoms with van der Waals surface area (Å²) >= 11 is 3.32. The fourth-order valence-electron chi connectivity index (χ4n) is 1.44. The van der Waals surface area contributed by atoms with Crippen LogP contribution in [0.25, 0.3) is 11.4 Å². The van der Waals surface area contributed by atoms with Gasteiger partial charge in [0.15, 0.2) is 0 Å². The molecule has 0 aliphatic heterocycles. The third-order valence-electron chi connectivity index (χ3n) is 2.34. The Morgan fingerprint density at radius 2 is 2.05 bits per heavy atom. The first-order valence-electron chi connectivity index (χ1n) is 5.71. The van der Waals surface area contributed by atoms with Crippen molar-refractivity contribution in [3.63, 3.8) is 0 Å². The molecule has 1 aromatic carbocycles. The Labute approximate surface area is 125 Å². The minimum atomic E-state index is -4.45. The predicted molar refractivity (Wildman–Crippen MR) is 70.0 cm³/mol. The molecule has 0 spiro atoms. The average molecular weight is 364 g/mol. The van der Waals surface area contributed by atoms with Crippen LogP contribution in [0.3, 0.4) is 0 Å². The van der Waals surface area contributed by atoms with E-state index in [1.165, 1.54) is 0 Å². The van der Waals surface area contributed by atoms with Crippen molar-refractivity contribution in [2.24, 2.45) is 0 Å². The zero-order valence-electron chi connectivity index (χ0n) is 10.4. The molecule has 2 aromatic rings. The van der Waals surface area contributed by atoms with Crippen LogP contribution in [-0.2, 0) is 11.3 Å². The van der Waals surface area contributed by atoms with Crippen molar-refractivity contribution in [1.29, 1.82) is 0 Å². The number of alkyl halides is 3. The lowest BCUT2D eigenvalue weighted by molar-refractivity contribution is -0.139. The highest BCUT2D eigenvalue weighted by Crippen LogP contribution is 2.24. The highest BCUT2D eigenvalue weighted by Gasteiger charge is 2.27. The van der Waals surface area contributed by atoms with E-state index >= 15 is 0 Å². The van der Waals surface area contributed by atoms with E-state index in [0.29, 0.717) is 5.56 Å². The molecule has 1 N–H and O–H groups in total. The maximum Gasteiger partial charge on any atom is 0.405 e. The van der Waals surface area contributed by atoms with E-state index in [1.54, 1.807) is 23.5 Å². The van der Waals surface area contributed by atoms with Crippen LogP contribution < -0.4 is 5.32 Å². The number of nitrogens with zero attached hydrogens (tertiary/aromatic N) is 4. The molecule has 10 heteroatoms. The van der Waals surface area contributed by atoms with Crippen molar-refractivity contribution in [2.75, 3.05) is 6.54 Å². The Morgan fingerprint density at radius 1 is 1.33 bits per heavy atom. The van der Waals surface area contributed by atoms with E-state index in [4.69, 9.17) is 0 Å². The van der Waals surface area contributed by atoms with Crippen LogP contribution in [0.4, 0.5) is 13.2 Å². The number of benzene rings is 1. The van der Waals surface area contributed by atoms with Gasteiger partial charge in [0.1, 0.15) is 13.1 Å². The number of tetrazole rings is 1. The van der Waals surface area contributed by atoms with Crippen LogP contribution in [-0.4, -0.2) is 38.8 Å². The standard InChI is InChI=1S/C11H9BrF3N5O/c12-8-4-2-1-3-7(8)10-17-19-20(18-10)5-9(21)16-6-11(13,14)15/h1-4H,5-6H2,(H,16,21). The van der Waals surface area contributed by atoms with Gasteiger partial charge in [-0.2, -0.15) is 18.0 Å². The molecule has 21 heavy (non-hydrogen) atoms. The molecule has 0 aliphatic carbocycles. The lowest BCUT2D eigenvalue weighted by Crippen LogP contribution is -2.36. The Morgan fingerprint density at radius 3 is 2.71 bits per heavy atom. The lowest BCUT2D eigenvalue weighted by atomic mass is 10.2. The fraction of sp³-hybridized carbons (Fsp3) is 0.273. The third kappa shape index (κ3) is 4.52. The first-order valence-corrected chi connectivity index (χ1v) is 6.50. The SMILES string of the molecule is O=C(Cn1nnc(-c2ccccc2Br)n1)NCC(F)(F)F. The topological polar surface area (TPSA) is 72.7 Å². The summed E-state index contributed by atoms with van der Waals surface area (Å²) in [5.74, 6) is -0.575. The molecule has 0 aliphatic rings. The van der Waals surface area contributed by atoms with Crippen LogP contribution in [0.5, 0.6) is 0 Å². The number of carbonyl (C=O) groups is 1. The molecule has 0 saturated heterocycles. The second-order valence-corrected chi connectivity index (χ2v) is 4.87. The van der Waals surface area contributed by atoms with Gasteiger partial charge in [0.25, 0.3) is 0 Å². The van der Waals surface area contributed by atoms with E-state index in [1.807, 2.05) is 6.07 Å². The van der Waals surface area contributed by atoms with Crippen LogP contribution in [0, 0.1) is 0 Å². The number of hydrogen-bond donors (Lipinski definition) is 1. The largest absolute Gasteiger partial charge is 0.405 e. The van der Waals surface area contributed by atoms with E-state index < -0.39 is 25.2 Å². The Bertz CT molecular complexity index is 643. The molecule has 0 fully saturated rings. The van der Waals surface area contributed by atoms with Crippen LogP contribution in [0.2, 0.25) is 0 Å². The van der Waals surface area contributed by atoms with E-state index in [-0.39, 0.29) is 5.82 Å². The minimum Gasteiger partial charge on any atom is -0.345 e. The number of nitrogens with one attached hydrogen (secondary N) is 1. The van der Waals surface area contributed by atoms with Gasteiger partial charge in [-0.1, -0.05) is 28.1 Å². The molecule has 0 unspecified atom stereocenters. The van der Waals surface area contributed by atoms with Crippen LogP contribution in [0.1, 0.15) is 0 Å². The van der Waals surface area contributed by atoms with Crippen LogP contribution in [0.15, 0.2) is 28.7 Å². The number of aromatic nitrogens is 4.